The summed E-state index contributed by atoms with van der Waals surface area (Å²) >= 11 is 0. The highest BCUT2D eigenvalue weighted by Crippen LogP contribution is 2.29. The molecule has 1 saturated heterocycles. The number of rotatable bonds is 4. The van der Waals surface area contributed by atoms with E-state index in [4.69, 9.17) is 17.5 Å². The first-order chi connectivity index (χ1) is 6.50. The van der Waals surface area contributed by atoms with E-state index in [9.17, 15) is 4.79 Å². The van der Waals surface area contributed by atoms with E-state index in [1.165, 1.54) is 6.08 Å². The third-order valence-electron chi connectivity index (χ3n) is 1.90. The molecule has 0 bridgehead atoms. The molecule has 0 aliphatic carbocycles. The van der Waals surface area contributed by atoms with Crippen molar-refractivity contribution >= 4 is 13.8 Å². The minimum Gasteiger partial charge on any atom is -0.441 e. The highest BCUT2D eigenvalue weighted by Gasteiger charge is 2.43. The Kier molecular flexibility index (Phi) is 3.47. The molecule has 0 spiro atoms. The second-order valence-electron chi connectivity index (χ2n) is 3.53. The van der Waals surface area contributed by atoms with Gasteiger partial charge in [0.25, 0.3) is 8.05 Å². The maximum Gasteiger partial charge on any atom is 0.283 e. The highest BCUT2D eigenvalue weighted by molar-refractivity contribution is 6.00. The second-order valence-corrected chi connectivity index (χ2v) is 3.53. The van der Waals surface area contributed by atoms with Crippen LogP contribution in [0, 0.1) is 0 Å². The van der Waals surface area contributed by atoms with Crippen molar-refractivity contribution in [2.45, 2.75) is 31.8 Å². The average Bonchev–Trinajstić information content (AvgIpc) is 2.41. The third-order valence-corrected chi connectivity index (χ3v) is 1.90. The van der Waals surface area contributed by atoms with E-state index >= 15 is 0 Å². The lowest BCUT2D eigenvalue weighted by atomic mass is 10.1. The second kappa shape index (κ2) is 4.25. The molecule has 2 atom stereocenters. The van der Waals surface area contributed by atoms with Crippen LogP contribution < -0.4 is 0 Å². The first-order valence-corrected chi connectivity index (χ1v) is 4.33. The third kappa shape index (κ3) is 2.44. The molecule has 4 nitrogen and oxygen atoms in total. The maximum atomic E-state index is 11.4. The van der Waals surface area contributed by atoms with Crippen LogP contribution in [0.3, 0.4) is 0 Å². The molecule has 1 fully saturated rings. The van der Waals surface area contributed by atoms with Crippen LogP contribution in [0.25, 0.3) is 0 Å². The van der Waals surface area contributed by atoms with Gasteiger partial charge in [0.05, 0.1) is 6.61 Å². The van der Waals surface area contributed by atoms with Gasteiger partial charge in [-0.15, -0.1) is 6.58 Å². The van der Waals surface area contributed by atoms with Gasteiger partial charge in [0.2, 0.25) is 0 Å². The fraction of sp³-hybridized carbons (Fsp3) is 0.667. The quantitative estimate of drug-likeness (QED) is 0.481. The number of ketones is 1. The van der Waals surface area contributed by atoms with Gasteiger partial charge in [-0.05, 0) is 13.8 Å². The molecular weight excluding hydrogens is 183 g/mol. The van der Waals surface area contributed by atoms with E-state index < -0.39 is 18.0 Å². The molecule has 0 aromatic carbocycles. The average molecular weight is 196 g/mol. The van der Waals surface area contributed by atoms with Gasteiger partial charge < -0.3 is 14.1 Å². The normalized spacial score (nSPS) is 30.1. The SMILES string of the molecule is [B]OCC(=O)[C@H]1OC(C)(C)O[C@H]1C=C. The highest BCUT2D eigenvalue weighted by atomic mass is 16.8. The van der Waals surface area contributed by atoms with E-state index in [0.717, 1.165) is 0 Å². The largest absolute Gasteiger partial charge is 0.441 e. The topological polar surface area (TPSA) is 44.8 Å². The Morgan fingerprint density at radius 2 is 2.29 bits per heavy atom. The number of hydrogen-bond acceptors (Lipinski definition) is 4. The van der Waals surface area contributed by atoms with Crippen LogP contribution >= 0.6 is 0 Å². The molecule has 0 unspecified atom stereocenters. The summed E-state index contributed by atoms with van der Waals surface area (Å²) in [4.78, 5) is 11.4. The van der Waals surface area contributed by atoms with Crippen molar-refractivity contribution in [3.05, 3.63) is 12.7 Å². The van der Waals surface area contributed by atoms with Crippen molar-refractivity contribution < 1.29 is 18.9 Å². The van der Waals surface area contributed by atoms with E-state index in [0.29, 0.717) is 0 Å². The Labute approximate surface area is 84.7 Å². The predicted octanol–water partition coefficient (Wildman–Crippen LogP) is 0.362. The first-order valence-electron chi connectivity index (χ1n) is 4.33. The molecule has 5 heteroatoms. The van der Waals surface area contributed by atoms with Crippen LogP contribution in [0.5, 0.6) is 0 Å². The van der Waals surface area contributed by atoms with Crippen molar-refractivity contribution in [3.8, 4) is 0 Å². The van der Waals surface area contributed by atoms with Gasteiger partial charge in [0, 0.05) is 0 Å². The molecular formula is C9H13BO4. The van der Waals surface area contributed by atoms with Crippen molar-refractivity contribution in [1.82, 2.24) is 0 Å². The van der Waals surface area contributed by atoms with Gasteiger partial charge in [-0.2, -0.15) is 0 Å². The lowest BCUT2D eigenvalue weighted by Crippen LogP contribution is -2.33. The van der Waals surface area contributed by atoms with Gasteiger partial charge in [0.1, 0.15) is 6.10 Å². The Bertz CT molecular complexity index is 239. The summed E-state index contributed by atoms with van der Waals surface area (Å²) in [6, 6.07) is 0. The zero-order valence-corrected chi connectivity index (χ0v) is 8.36. The molecule has 0 aromatic heterocycles. The van der Waals surface area contributed by atoms with Gasteiger partial charge in [-0.25, -0.2) is 0 Å². The number of carbonyl (C=O) groups excluding carboxylic acids is 1. The monoisotopic (exact) mass is 196 g/mol. The molecule has 1 rings (SSSR count). The molecule has 0 amide bonds. The maximum absolute atomic E-state index is 11.4. The standard InChI is InChI=1S/C9H13BO4/c1-4-7-8(6(11)5-12-10)14-9(2,3)13-7/h4,7-8H,1,5H2,2-3H3/t7-,8+/m0/s1. The minimum atomic E-state index is -0.770. The van der Waals surface area contributed by atoms with E-state index in [1.807, 2.05) is 0 Å². The summed E-state index contributed by atoms with van der Waals surface area (Å²) in [5.41, 5.74) is 0. The molecule has 0 N–H and O–H groups in total. The van der Waals surface area contributed by atoms with Crippen molar-refractivity contribution in [2.75, 3.05) is 6.61 Å². The summed E-state index contributed by atoms with van der Waals surface area (Å²) in [5.74, 6) is -1.02. The van der Waals surface area contributed by atoms with Crippen molar-refractivity contribution in [1.29, 1.82) is 0 Å². The van der Waals surface area contributed by atoms with Gasteiger partial charge >= 0.3 is 0 Å². The molecule has 1 heterocycles. The summed E-state index contributed by atoms with van der Waals surface area (Å²) in [7, 11) is 4.81. The smallest absolute Gasteiger partial charge is 0.283 e. The number of Topliss-reactive ketones (excluding diaryl/α,β-unsaturated/α-hetero) is 1. The fourth-order valence-corrected chi connectivity index (χ4v) is 1.38. The lowest BCUT2D eigenvalue weighted by molar-refractivity contribution is -0.154. The van der Waals surface area contributed by atoms with Crippen LogP contribution in [0.1, 0.15) is 13.8 Å². The Balaban J connectivity index is 2.68. The molecule has 14 heavy (non-hydrogen) atoms. The number of carbonyl (C=O) groups is 1. The Morgan fingerprint density at radius 1 is 1.64 bits per heavy atom. The van der Waals surface area contributed by atoms with Gasteiger partial charge in [-0.1, -0.05) is 6.08 Å². The Hall–Kier alpha value is -0.645. The summed E-state index contributed by atoms with van der Waals surface area (Å²) in [5, 5.41) is 0. The van der Waals surface area contributed by atoms with E-state index in [2.05, 4.69) is 11.2 Å². The van der Waals surface area contributed by atoms with Crippen LogP contribution in [0.2, 0.25) is 0 Å². The van der Waals surface area contributed by atoms with E-state index in [1.54, 1.807) is 13.8 Å². The molecule has 2 radical (unpaired) electrons. The van der Waals surface area contributed by atoms with Crippen LogP contribution in [-0.4, -0.2) is 38.4 Å². The molecule has 0 saturated carbocycles. The lowest BCUT2D eigenvalue weighted by Gasteiger charge is -2.16. The fourth-order valence-electron chi connectivity index (χ4n) is 1.38. The summed E-state index contributed by atoms with van der Waals surface area (Å²) < 4.78 is 15.1. The van der Waals surface area contributed by atoms with Gasteiger partial charge in [0.15, 0.2) is 17.7 Å². The molecule has 76 valence electrons. The van der Waals surface area contributed by atoms with Crippen molar-refractivity contribution in [2.24, 2.45) is 0 Å². The van der Waals surface area contributed by atoms with Crippen LogP contribution in [0.15, 0.2) is 12.7 Å². The first kappa shape index (κ1) is 11.4. The van der Waals surface area contributed by atoms with Gasteiger partial charge in [-0.3, -0.25) is 4.79 Å². The molecule has 0 aromatic rings. The molecule has 1 aliphatic heterocycles. The minimum absolute atomic E-state index is 0.186. The van der Waals surface area contributed by atoms with Crippen LogP contribution in [-0.2, 0) is 18.9 Å². The predicted molar refractivity (Wildman–Crippen MR) is 50.7 cm³/mol. The summed E-state index contributed by atoms with van der Waals surface area (Å²) in [6.45, 7) is 6.86. The number of ether oxygens (including phenoxy) is 2. The summed E-state index contributed by atoms with van der Waals surface area (Å²) in [6.07, 6.45) is 0.423. The zero-order chi connectivity index (χ0) is 10.8. The van der Waals surface area contributed by atoms with E-state index in [-0.39, 0.29) is 12.4 Å². The van der Waals surface area contributed by atoms with Crippen molar-refractivity contribution in [3.63, 3.8) is 0 Å². The molecule has 1 aliphatic rings. The van der Waals surface area contributed by atoms with Crippen LogP contribution in [0.4, 0.5) is 0 Å². The zero-order valence-electron chi connectivity index (χ0n) is 8.36. The number of hydrogen-bond donors (Lipinski definition) is 0. The Morgan fingerprint density at radius 3 is 2.79 bits per heavy atom.